The number of hydrogen-bond acceptors (Lipinski definition) is 2. The lowest BCUT2D eigenvalue weighted by atomic mass is 9.85. The minimum atomic E-state index is 0.854. The fraction of sp³-hybridized carbons (Fsp3) is 0.149. The fourth-order valence-electron chi connectivity index (χ4n) is 7.00. The first-order valence-corrected chi connectivity index (χ1v) is 17.2. The number of aryl methyl sites for hydroxylation is 5. The van der Waals surface area contributed by atoms with Gasteiger partial charge in [0.05, 0.1) is 5.69 Å². The molecule has 0 spiro atoms. The SMILES string of the molecule is C/C(=C1/CC=CC=C1c1cc(N(c2ccc(C)cc2)c2ccc(C)cc2)c2ccccc2c1C)N(c1ccc(C)cc1)c1ccc(C)cc1. The van der Waals surface area contributed by atoms with Crippen molar-refractivity contribution in [1.82, 2.24) is 0 Å². The van der Waals surface area contributed by atoms with Crippen LogP contribution in [0.25, 0.3) is 16.3 Å². The standard InChI is InChI=1S/C47H44N2/c1-32-15-23-38(24-16-32)48(39-25-17-33(2)18-26-39)37(6)43-12-8-9-13-44(43)46-31-47(45-14-10-7-11-42(45)36(46)5)49(40-27-19-34(3)20-28-40)41-29-21-35(4)22-30-41/h7-11,13-31H,12H2,1-6H3/b43-37+. The summed E-state index contributed by atoms with van der Waals surface area (Å²) in [6.45, 7) is 13.2. The molecular weight excluding hydrogens is 593 g/mol. The van der Waals surface area contributed by atoms with Crippen LogP contribution in [-0.2, 0) is 0 Å². The molecule has 0 fully saturated rings. The van der Waals surface area contributed by atoms with Crippen LogP contribution in [0.3, 0.4) is 0 Å². The molecule has 242 valence electrons. The number of rotatable bonds is 7. The van der Waals surface area contributed by atoms with Gasteiger partial charge >= 0.3 is 0 Å². The highest BCUT2D eigenvalue weighted by Crippen LogP contribution is 2.45. The van der Waals surface area contributed by atoms with E-state index in [4.69, 9.17) is 0 Å². The minimum absolute atomic E-state index is 0.854. The Labute approximate surface area is 292 Å². The summed E-state index contributed by atoms with van der Waals surface area (Å²) in [6.07, 6.45) is 7.67. The van der Waals surface area contributed by atoms with Gasteiger partial charge in [-0.3, -0.25) is 0 Å². The van der Waals surface area contributed by atoms with E-state index >= 15 is 0 Å². The molecule has 2 nitrogen and oxygen atoms in total. The molecule has 0 unspecified atom stereocenters. The van der Waals surface area contributed by atoms with Crippen molar-refractivity contribution in [3.05, 3.63) is 190 Å². The van der Waals surface area contributed by atoms with E-state index in [2.05, 4.69) is 197 Å². The second kappa shape index (κ2) is 13.5. The molecule has 2 heteroatoms. The van der Waals surface area contributed by atoms with Gasteiger partial charge in [-0.05, 0) is 130 Å². The molecule has 1 aliphatic rings. The predicted octanol–water partition coefficient (Wildman–Crippen LogP) is 13.3. The van der Waals surface area contributed by atoms with Gasteiger partial charge in [0.15, 0.2) is 0 Å². The Hall–Kier alpha value is -5.60. The van der Waals surface area contributed by atoms with E-state index in [-0.39, 0.29) is 0 Å². The first-order chi connectivity index (χ1) is 23.8. The monoisotopic (exact) mass is 636 g/mol. The molecular formula is C47H44N2. The Balaban J connectivity index is 1.46. The third-order valence-corrected chi connectivity index (χ3v) is 9.81. The molecule has 0 radical (unpaired) electrons. The normalized spacial score (nSPS) is 13.7. The van der Waals surface area contributed by atoms with Gasteiger partial charge in [0, 0.05) is 33.8 Å². The van der Waals surface area contributed by atoms with E-state index in [9.17, 15) is 0 Å². The summed E-state index contributed by atoms with van der Waals surface area (Å²) < 4.78 is 0. The third-order valence-electron chi connectivity index (χ3n) is 9.81. The quantitative estimate of drug-likeness (QED) is 0.172. The average molecular weight is 637 g/mol. The number of allylic oxidation sites excluding steroid dienone is 6. The van der Waals surface area contributed by atoms with Crippen LogP contribution in [0.2, 0.25) is 0 Å². The molecule has 6 aromatic carbocycles. The van der Waals surface area contributed by atoms with E-state index in [1.165, 1.54) is 66.7 Å². The molecule has 0 aliphatic heterocycles. The highest BCUT2D eigenvalue weighted by atomic mass is 15.2. The highest BCUT2D eigenvalue weighted by molar-refractivity contribution is 6.04. The minimum Gasteiger partial charge on any atom is -0.314 e. The van der Waals surface area contributed by atoms with Crippen molar-refractivity contribution in [2.45, 2.75) is 48.0 Å². The van der Waals surface area contributed by atoms with Gasteiger partial charge in [-0.2, -0.15) is 0 Å². The Bertz CT molecular complexity index is 2120. The third kappa shape index (κ3) is 6.35. The van der Waals surface area contributed by atoms with E-state index in [1.807, 2.05) is 0 Å². The summed E-state index contributed by atoms with van der Waals surface area (Å²) in [5, 5.41) is 2.50. The Kier molecular flexibility index (Phi) is 8.80. The maximum atomic E-state index is 2.43. The molecule has 0 saturated heterocycles. The highest BCUT2D eigenvalue weighted by Gasteiger charge is 2.24. The lowest BCUT2D eigenvalue weighted by Crippen LogP contribution is -2.18. The smallest absolute Gasteiger partial charge is 0.0546 e. The molecule has 0 atom stereocenters. The van der Waals surface area contributed by atoms with Gasteiger partial charge in [0.25, 0.3) is 0 Å². The van der Waals surface area contributed by atoms with Crippen LogP contribution in [0.4, 0.5) is 28.4 Å². The van der Waals surface area contributed by atoms with Gasteiger partial charge < -0.3 is 9.80 Å². The number of benzene rings is 6. The average Bonchev–Trinajstić information content (AvgIpc) is 3.12. The fourth-order valence-corrected chi connectivity index (χ4v) is 7.00. The van der Waals surface area contributed by atoms with Crippen molar-refractivity contribution >= 4 is 44.8 Å². The maximum Gasteiger partial charge on any atom is 0.0546 e. The number of nitrogens with zero attached hydrogens (tertiary/aromatic N) is 2. The van der Waals surface area contributed by atoms with E-state index in [1.54, 1.807) is 0 Å². The number of hydrogen-bond donors (Lipinski definition) is 0. The van der Waals surface area contributed by atoms with Crippen molar-refractivity contribution in [3.63, 3.8) is 0 Å². The largest absolute Gasteiger partial charge is 0.314 e. The zero-order chi connectivity index (χ0) is 34.1. The molecule has 0 saturated carbocycles. The maximum absolute atomic E-state index is 2.43. The van der Waals surface area contributed by atoms with Crippen LogP contribution in [0, 0.1) is 34.6 Å². The van der Waals surface area contributed by atoms with E-state index in [0.717, 1.165) is 29.2 Å². The lowest BCUT2D eigenvalue weighted by molar-refractivity contribution is 1.08. The lowest BCUT2D eigenvalue weighted by Gasteiger charge is -2.31. The summed E-state index contributed by atoms with van der Waals surface area (Å²) in [5.74, 6) is 0. The van der Waals surface area contributed by atoms with Crippen LogP contribution in [-0.4, -0.2) is 0 Å². The molecule has 0 heterocycles. The molecule has 6 aromatic rings. The zero-order valence-corrected chi connectivity index (χ0v) is 29.5. The topological polar surface area (TPSA) is 6.48 Å². The first kappa shape index (κ1) is 32.0. The summed E-state index contributed by atoms with van der Waals surface area (Å²) in [7, 11) is 0. The van der Waals surface area contributed by atoms with Gasteiger partial charge in [-0.1, -0.05) is 113 Å². The van der Waals surface area contributed by atoms with Gasteiger partial charge in [-0.15, -0.1) is 0 Å². The molecule has 0 N–H and O–H groups in total. The summed E-state index contributed by atoms with van der Waals surface area (Å²) in [6, 6.07) is 46.8. The van der Waals surface area contributed by atoms with Crippen molar-refractivity contribution in [2.24, 2.45) is 0 Å². The van der Waals surface area contributed by atoms with Crippen molar-refractivity contribution in [1.29, 1.82) is 0 Å². The van der Waals surface area contributed by atoms with E-state index < -0.39 is 0 Å². The van der Waals surface area contributed by atoms with Crippen LogP contribution in [0.5, 0.6) is 0 Å². The number of anilines is 5. The molecule has 49 heavy (non-hydrogen) atoms. The Morgan fingerprint density at radius 2 is 0.980 bits per heavy atom. The summed E-state index contributed by atoms with van der Waals surface area (Å²) in [5.41, 5.74) is 17.1. The molecule has 1 aliphatic carbocycles. The Morgan fingerprint density at radius 3 is 1.47 bits per heavy atom. The second-order valence-electron chi connectivity index (χ2n) is 13.4. The van der Waals surface area contributed by atoms with Crippen LogP contribution < -0.4 is 9.80 Å². The number of fused-ring (bicyclic) bond motifs is 1. The summed E-state index contributed by atoms with van der Waals surface area (Å²) in [4.78, 5) is 4.84. The summed E-state index contributed by atoms with van der Waals surface area (Å²) >= 11 is 0. The second-order valence-corrected chi connectivity index (χ2v) is 13.4. The van der Waals surface area contributed by atoms with Crippen molar-refractivity contribution in [3.8, 4) is 0 Å². The van der Waals surface area contributed by atoms with Crippen LogP contribution in [0.1, 0.15) is 46.7 Å². The molecule has 0 bridgehead atoms. The molecule has 0 amide bonds. The first-order valence-electron chi connectivity index (χ1n) is 17.2. The van der Waals surface area contributed by atoms with Gasteiger partial charge in [-0.25, -0.2) is 0 Å². The van der Waals surface area contributed by atoms with Gasteiger partial charge in [0.1, 0.15) is 0 Å². The van der Waals surface area contributed by atoms with Crippen LogP contribution in [0.15, 0.2) is 157 Å². The zero-order valence-electron chi connectivity index (χ0n) is 29.5. The van der Waals surface area contributed by atoms with Crippen molar-refractivity contribution < 1.29 is 0 Å². The Morgan fingerprint density at radius 1 is 0.531 bits per heavy atom. The van der Waals surface area contributed by atoms with Crippen LogP contribution >= 0.6 is 0 Å². The van der Waals surface area contributed by atoms with E-state index in [0.29, 0.717) is 0 Å². The predicted molar refractivity (Wildman–Crippen MR) is 212 cm³/mol. The molecule has 7 rings (SSSR count). The van der Waals surface area contributed by atoms with Gasteiger partial charge in [0.2, 0.25) is 0 Å². The molecule has 0 aromatic heterocycles. The van der Waals surface area contributed by atoms with Crippen molar-refractivity contribution in [2.75, 3.05) is 9.80 Å².